The molecule has 0 N–H and O–H groups in total. The Labute approximate surface area is 141 Å². The first-order valence-electron chi connectivity index (χ1n) is 8.54. The zero-order chi connectivity index (χ0) is 16.2. The number of rotatable bonds is 5. The first-order valence-corrected chi connectivity index (χ1v) is 8.54. The molecule has 5 nitrogen and oxygen atoms in total. The number of hydrogen-bond acceptors (Lipinski definition) is 4. The third-order valence-electron chi connectivity index (χ3n) is 4.54. The van der Waals surface area contributed by atoms with Crippen molar-refractivity contribution < 1.29 is 4.74 Å². The highest BCUT2D eigenvalue weighted by Gasteiger charge is 2.21. The summed E-state index contributed by atoms with van der Waals surface area (Å²) in [6.45, 7) is 3.57. The lowest BCUT2D eigenvalue weighted by Gasteiger charge is -2.32. The van der Waals surface area contributed by atoms with Gasteiger partial charge < -0.3 is 4.74 Å². The third-order valence-corrected chi connectivity index (χ3v) is 4.54. The average Bonchev–Trinajstić information content (AvgIpc) is 3.11. The minimum Gasteiger partial charge on any atom is -0.371 e. The van der Waals surface area contributed by atoms with Gasteiger partial charge in [0.25, 0.3) is 0 Å². The number of fused-ring (bicyclic) bond motifs is 1. The fraction of sp³-hybridized carbons (Fsp3) is 0.368. The molecule has 1 atom stereocenters. The number of ether oxygens (including phenoxy) is 1. The van der Waals surface area contributed by atoms with E-state index in [1.807, 2.05) is 41.2 Å². The molecule has 24 heavy (non-hydrogen) atoms. The van der Waals surface area contributed by atoms with Gasteiger partial charge in [-0.1, -0.05) is 12.1 Å². The molecule has 0 aliphatic carbocycles. The molecule has 1 aliphatic heterocycles. The van der Waals surface area contributed by atoms with E-state index in [2.05, 4.69) is 33.2 Å². The molecule has 124 valence electrons. The third kappa shape index (κ3) is 3.47. The summed E-state index contributed by atoms with van der Waals surface area (Å²) in [6.07, 6.45) is 6.24. The normalized spacial score (nSPS) is 18.9. The van der Waals surface area contributed by atoms with Crippen molar-refractivity contribution in [3.05, 3.63) is 66.2 Å². The van der Waals surface area contributed by atoms with Gasteiger partial charge in [0.1, 0.15) is 0 Å². The first kappa shape index (κ1) is 15.3. The minimum atomic E-state index is 0.276. The summed E-state index contributed by atoms with van der Waals surface area (Å²) < 4.78 is 8.11. The van der Waals surface area contributed by atoms with Gasteiger partial charge in [-0.25, -0.2) is 4.52 Å². The zero-order valence-electron chi connectivity index (χ0n) is 13.7. The van der Waals surface area contributed by atoms with Gasteiger partial charge in [-0.15, -0.1) is 0 Å². The Bertz CT molecular complexity index is 786. The molecule has 0 bridgehead atoms. The Morgan fingerprint density at radius 2 is 2.08 bits per heavy atom. The number of hydrogen-bond donors (Lipinski definition) is 0. The Kier molecular flexibility index (Phi) is 4.53. The van der Waals surface area contributed by atoms with Gasteiger partial charge in [-0.05, 0) is 49.7 Å². The summed E-state index contributed by atoms with van der Waals surface area (Å²) in [5.41, 5.74) is 3.37. The van der Waals surface area contributed by atoms with Crippen molar-refractivity contribution in [2.45, 2.75) is 32.1 Å². The lowest BCUT2D eigenvalue weighted by molar-refractivity contribution is -0.0136. The van der Waals surface area contributed by atoms with Crippen molar-refractivity contribution in [3.63, 3.8) is 0 Å². The molecule has 4 heterocycles. The zero-order valence-corrected chi connectivity index (χ0v) is 13.7. The molecule has 0 saturated carbocycles. The molecule has 0 radical (unpaired) electrons. The van der Waals surface area contributed by atoms with Crippen molar-refractivity contribution in [1.82, 2.24) is 19.5 Å². The molecule has 3 aromatic rings. The summed E-state index contributed by atoms with van der Waals surface area (Å²) in [5.74, 6) is 0. The molecule has 0 spiro atoms. The maximum atomic E-state index is 6.08. The molecule has 0 aromatic carbocycles. The van der Waals surface area contributed by atoms with Crippen LogP contribution in [0.1, 0.15) is 24.2 Å². The molecular weight excluding hydrogens is 300 g/mol. The second-order valence-corrected chi connectivity index (χ2v) is 6.32. The van der Waals surface area contributed by atoms with Crippen LogP contribution in [0.4, 0.5) is 0 Å². The van der Waals surface area contributed by atoms with E-state index in [1.54, 1.807) is 0 Å². The largest absolute Gasteiger partial charge is 0.371 e. The van der Waals surface area contributed by atoms with E-state index in [-0.39, 0.29) is 6.10 Å². The van der Waals surface area contributed by atoms with Crippen LogP contribution in [-0.4, -0.2) is 38.7 Å². The Morgan fingerprint density at radius 1 is 1.08 bits per heavy atom. The number of pyridine rings is 2. The lowest BCUT2D eigenvalue weighted by atomic mass is 10.1. The van der Waals surface area contributed by atoms with E-state index in [4.69, 9.17) is 4.74 Å². The van der Waals surface area contributed by atoms with E-state index in [9.17, 15) is 0 Å². The summed E-state index contributed by atoms with van der Waals surface area (Å²) in [5, 5.41) is 4.43. The van der Waals surface area contributed by atoms with E-state index in [0.29, 0.717) is 6.61 Å². The molecule has 0 amide bonds. The predicted octanol–water partition coefficient (Wildman–Crippen LogP) is 2.91. The van der Waals surface area contributed by atoms with Crippen molar-refractivity contribution >= 4 is 5.52 Å². The number of nitrogens with zero attached hydrogens (tertiary/aromatic N) is 4. The van der Waals surface area contributed by atoms with Crippen LogP contribution < -0.4 is 0 Å². The molecular formula is C19H22N4O. The number of likely N-dealkylation sites (tertiary alicyclic amines) is 1. The second kappa shape index (κ2) is 7.11. The van der Waals surface area contributed by atoms with E-state index in [1.165, 1.54) is 12.1 Å². The van der Waals surface area contributed by atoms with Gasteiger partial charge in [0.05, 0.1) is 29.6 Å². The monoisotopic (exact) mass is 322 g/mol. The molecule has 1 saturated heterocycles. The Balaban J connectivity index is 1.37. The summed E-state index contributed by atoms with van der Waals surface area (Å²) in [6, 6.07) is 14.3. The highest BCUT2D eigenvalue weighted by molar-refractivity contribution is 5.46. The van der Waals surface area contributed by atoms with Crippen molar-refractivity contribution in [1.29, 1.82) is 0 Å². The minimum absolute atomic E-state index is 0.276. The van der Waals surface area contributed by atoms with Gasteiger partial charge in [0.2, 0.25) is 0 Å². The van der Waals surface area contributed by atoms with E-state index >= 15 is 0 Å². The van der Waals surface area contributed by atoms with Crippen molar-refractivity contribution in [3.8, 4) is 0 Å². The molecule has 1 fully saturated rings. The van der Waals surface area contributed by atoms with Crippen LogP contribution in [0.25, 0.3) is 5.52 Å². The second-order valence-electron chi connectivity index (χ2n) is 6.32. The van der Waals surface area contributed by atoms with Crippen LogP contribution in [0.5, 0.6) is 0 Å². The average molecular weight is 322 g/mol. The highest BCUT2D eigenvalue weighted by atomic mass is 16.5. The summed E-state index contributed by atoms with van der Waals surface area (Å²) >= 11 is 0. The maximum absolute atomic E-state index is 6.08. The van der Waals surface area contributed by atoms with Crippen LogP contribution >= 0.6 is 0 Å². The van der Waals surface area contributed by atoms with Gasteiger partial charge in [-0.3, -0.25) is 9.88 Å². The fourth-order valence-electron chi connectivity index (χ4n) is 3.34. The SMILES string of the molecule is c1ccc(COC2CCCN(Cc3cccc4ccnn34)C2)nc1. The summed E-state index contributed by atoms with van der Waals surface area (Å²) in [7, 11) is 0. The Morgan fingerprint density at radius 3 is 3.00 bits per heavy atom. The van der Waals surface area contributed by atoms with Gasteiger partial charge >= 0.3 is 0 Å². The summed E-state index contributed by atoms with van der Waals surface area (Å²) in [4.78, 5) is 6.79. The first-order chi connectivity index (χ1) is 11.9. The number of piperidine rings is 1. The fourth-order valence-corrected chi connectivity index (χ4v) is 3.34. The topological polar surface area (TPSA) is 42.7 Å². The highest BCUT2D eigenvalue weighted by Crippen LogP contribution is 2.17. The molecule has 1 aliphatic rings. The van der Waals surface area contributed by atoms with E-state index < -0.39 is 0 Å². The van der Waals surface area contributed by atoms with Crippen LogP contribution in [-0.2, 0) is 17.9 Å². The van der Waals surface area contributed by atoms with Gasteiger partial charge in [0, 0.05) is 25.5 Å². The van der Waals surface area contributed by atoms with Crippen LogP contribution in [0.3, 0.4) is 0 Å². The van der Waals surface area contributed by atoms with Crippen LogP contribution in [0.2, 0.25) is 0 Å². The standard InChI is InChI=1S/C19H22N4O/c1-2-10-20-16(5-1)15-24-19-8-4-12-22(14-19)13-18-7-3-6-17-9-11-21-23(17)18/h1-3,5-7,9-11,19H,4,8,12-15H2. The van der Waals surface area contributed by atoms with Crippen LogP contribution in [0.15, 0.2) is 54.9 Å². The molecule has 4 rings (SSSR count). The quantitative estimate of drug-likeness (QED) is 0.724. The van der Waals surface area contributed by atoms with Crippen molar-refractivity contribution in [2.24, 2.45) is 0 Å². The van der Waals surface area contributed by atoms with Crippen LogP contribution in [0, 0.1) is 0 Å². The molecule has 5 heteroatoms. The van der Waals surface area contributed by atoms with Gasteiger partial charge in [0.15, 0.2) is 0 Å². The smallest absolute Gasteiger partial charge is 0.0892 e. The number of aromatic nitrogens is 3. The Hall–Kier alpha value is -2.24. The predicted molar refractivity (Wildman–Crippen MR) is 92.5 cm³/mol. The van der Waals surface area contributed by atoms with Gasteiger partial charge in [-0.2, -0.15) is 5.10 Å². The van der Waals surface area contributed by atoms with Crippen molar-refractivity contribution in [2.75, 3.05) is 13.1 Å². The lowest BCUT2D eigenvalue weighted by Crippen LogP contribution is -2.39. The maximum Gasteiger partial charge on any atom is 0.0892 e. The molecule has 1 unspecified atom stereocenters. The molecule has 3 aromatic heterocycles. The van der Waals surface area contributed by atoms with E-state index in [0.717, 1.165) is 37.3 Å².